The molecule has 0 atom stereocenters. The van der Waals surface area contributed by atoms with Crippen LogP contribution in [-0.2, 0) is 0 Å². The highest BCUT2D eigenvalue weighted by molar-refractivity contribution is 7.20. The molecule has 0 saturated carbocycles. The Kier molecular flexibility index (Phi) is 3.93. The van der Waals surface area contributed by atoms with Gasteiger partial charge in [0.25, 0.3) is 11.7 Å². The van der Waals surface area contributed by atoms with Gasteiger partial charge in [-0.05, 0) is 18.2 Å². The molecule has 0 fully saturated rings. The van der Waals surface area contributed by atoms with Crippen LogP contribution >= 0.6 is 11.3 Å². The molecule has 1 aromatic carbocycles. The number of ether oxygens (including phenoxy) is 1. The highest BCUT2D eigenvalue weighted by Crippen LogP contribution is 2.33. The number of hydrogen-bond acceptors (Lipinski definition) is 6. The Morgan fingerprint density at radius 1 is 1.38 bits per heavy atom. The van der Waals surface area contributed by atoms with Gasteiger partial charge in [0.1, 0.15) is 22.3 Å². The second-order valence-electron chi connectivity index (χ2n) is 4.98. The molecule has 120 valence electrons. The first kappa shape index (κ1) is 15.6. The molecule has 24 heavy (non-hydrogen) atoms. The van der Waals surface area contributed by atoms with Gasteiger partial charge >= 0.3 is 0 Å². The molecule has 0 bridgehead atoms. The third-order valence-electron chi connectivity index (χ3n) is 3.46. The van der Waals surface area contributed by atoms with Crippen molar-refractivity contribution in [1.82, 2.24) is 0 Å². The molecule has 6 N–H and O–H groups in total. The summed E-state index contributed by atoms with van der Waals surface area (Å²) in [5.41, 5.74) is 13.0. The van der Waals surface area contributed by atoms with Crippen molar-refractivity contribution in [3.05, 3.63) is 40.8 Å². The zero-order valence-corrected chi connectivity index (χ0v) is 13.5. The minimum Gasteiger partial charge on any atom is -0.497 e. The first-order valence-electron chi connectivity index (χ1n) is 6.92. The van der Waals surface area contributed by atoms with E-state index in [9.17, 15) is 4.79 Å². The van der Waals surface area contributed by atoms with Crippen LogP contribution in [0.25, 0.3) is 10.2 Å². The number of hydrogen-bond donors (Lipinski definition) is 3. The summed E-state index contributed by atoms with van der Waals surface area (Å²) in [4.78, 5) is 16.4. The van der Waals surface area contributed by atoms with Crippen molar-refractivity contribution in [3.63, 3.8) is 0 Å². The van der Waals surface area contributed by atoms with Crippen LogP contribution in [0.1, 0.15) is 15.2 Å². The lowest BCUT2D eigenvalue weighted by molar-refractivity contribution is -0.323. The standard InChI is InChI=1S/C16H13N5O2S/c1-23-10-4-2-3-9(6-10)20-15(22)13-12(18)11-5-8(7-17)14(19)21-16(11)24-13/h2-6H,18H2,1H3,(H2,19,21)(H,20,22)/p+1. The molecule has 0 radical (unpaired) electrons. The summed E-state index contributed by atoms with van der Waals surface area (Å²) in [5.74, 6) is 0.537. The van der Waals surface area contributed by atoms with Crippen LogP contribution in [-0.4, -0.2) is 13.0 Å². The number of H-pyrrole nitrogens is 1. The van der Waals surface area contributed by atoms with Gasteiger partial charge < -0.3 is 15.8 Å². The maximum atomic E-state index is 12.5. The number of thiophene rings is 1. The fourth-order valence-electron chi connectivity index (χ4n) is 2.25. The van der Waals surface area contributed by atoms with E-state index in [0.29, 0.717) is 32.2 Å². The summed E-state index contributed by atoms with van der Waals surface area (Å²) in [6.45, 7) is 0. The van der Waals surface area contributed by atoms with Crippen molar-refractivity contribution in [1.29, 1.82) is 5.26 Å². The number of pyridine rings is 1. The zero-order valence-electron chi connectivity index (χ0n) is 12.7. The number of nitrogens with two attached hydrogens (primary N) is 2. The van der Waals surface area contributed by atoms with E-state index < -0.39 is 0 Å². The Balaban J connectivity index is 1.98. The number of rotatable bonds is 3. The lowest BCUT2D eigenvalue weighted by Crippen LogP contribution is -2.12. The van der Waals surface area contributed by atoms with Crippen LogP contribution in [0, 0.1) is 11.3 Å². The highest BCUT2D eigenvalue weighted by Gasteiger charge is 2.21. The second-order valence-corrected chi connectivity index (χ2v) is 6.00. The minimum absolute atomic E-state index is 0.242. The Labute approximate surface area is 141 Å². The molecule has 3 rings (SSSR count). The Hall–Kier alpha value is -3.31. The van der Waals surface area contributed by atoms with E-state index in [0.717, 1.165) is 0 Å². The molecule has 0 aliphatic rings. The predicted octanol–water partition coefficient (Wildman–Crippen LogP) is 2.01. The third kappa shape index (κ3) is 2.68. The molecule has 0 aliphatic carbocycles. The summed E-state index contributed by atoms with van der Waals surface area (Å²) < 4.78 is 5.13. The van der Waals surface area contributed by atoms with Crippen molar-refractivity contribution >= 4 is 44.7 Å². The Morgan fingerprint density at radius 2 is 2.17 bits per heavy atom. The zero-order chi connectivity index (χ0) is 17.3. The average Bonchev–Trinajstić information content (AvgIpc) is 2.90. The molecule has 1 amide bonds. The van der Waals surface area contributed by atoms with Crippen molar-refractivity contribution < 1.29 is 14.5 Å². The van der Waals surface area contributed by atoms with Crippen LogP contribution in [0.4, 0.5) is 17.2 Å². The molecule has 2 heterocycles. The smallest absolute Gasteiger partial charge is 0.289 e. The third-order valence-corrected chi connectivity index (χ3v) is 4.60. The fourth-order valence-corrected chi connectivity index (χ4v) is 3.26. The number of carbonyl (C=O) groups excluding carboxylic acids is 1. The lowest BCUT2D eigenvalue weighted by Gasteiger charge is -2.06. The summed E-state index contributed by atoms with van der Waals surface area (Å²) in [6.07, 6.45) is 0. The monoisotopic (exact) mass is 340 g/mol. The van der Waals surface area contributed by atoms with Crippen LogP contribution in [0.15, 0.2) is 30.3 Å². The predicted molar refractivity (Wildman–Crippen MR) is 92.9 cm³/mol. The number of amides is 1. The molecule has 0 spiro atoms. The van der Waals surface area contributed by atoms with Crippen LogP contribution in [0.2, 0.25) is 0 Å². The van der Waals surface area contributed by atoms with E-state index >= 15 is 0 Å². The summed E-state index contributed by atoms with van der Waals surface area (Å²) >= 11 is 1.18. The quantitative estimate of drug-likeness (QED) is 0.672. The first-order valence-corrected chi connectivity index (χ1v) is 7.74. The topological polar surface area (TPSA) is 128 Å². The molecule has 0 aliphatic heterocycles. The average molecular weight is 340 g/mol. The van der Waals surface area contributed by atoms with E-state index in [2.05, 4.69) is 10.3 Å². The van der Waals surface area contributed by atoms with E-state index in [1.807, 2.05) is 6.07 Å². The normalized spacial score (nSPS) is 10.3. The van der Waals surface area contributed by atoms with Crippen LogP contribution in [0.5, 0.6) is 5.75 Å². The van der Waals surface area contributed by atoms with Gasteiger partial charge in [-0.15, -0.1) is 0 Å². The number of aromatic amines is 1. The van der Waals surface area contributed by atoms with Gasteiger partial charge in [0.05, 0.1) is 18.2 Å². The van der Waals surface area contributed by atoms with Crippen molar-refractivity contribution in [2.45, 2.75) is 0 Å². The van der Waals surface area contributed by atoms with Gasteiger partial charge in [-0.3, -0.25) is 10.5 Å². The number of nitriles is 1. The number of nitrogens with one attached hydrogen (secondary N) is 2. The number of nitrogen functional groups attached to an aromatic ring is 2. The SMILES string of the molecule is COc1cccc(NC(=O)c2sc3[nH+]c(N)c(C#N)cc3c2N)c1. The number of methoxy groups -OCH3 is 1. The number of nitrogens with zero attached hydrogens (tertiary/aromatic N) is 1. The highest BCUT2D eigenvalue weighted by atomic mass is 32.1. The molecule has 8 heteroatoms. The first-order chi connectivity index (χ1) is 11.5. The van der Waals surface area contributed by atoms with E-state index in [-0.39, 0.29) is 17.3 Å². The van der Waals surface area contributed by atoms with Crippen LogP contribution < -0.4 is 26.5 Å². The van der Waals surface area contributed by atoms with Gasteiger partial charge in [0, 0.05) is 11.8 Å². The maximum Gasteiger partial charge on any atom is 0.289 e. The van der Waals surface area contributed by atoms with E-state index in [1.165, 1.54) is 11.3 Å². The number of fused-ring (bicyclic) bond motifs is 1. The summed E-state index contributed by atoms with van der Waals surface area (Å²) in [6, 6.07) is 10.6. The van der Waals surface area contributed by atoms with Crippen LogP contribution in [0.3, 0.4) is 0 Å². The van der Waals surface area contributed by atoms with Gasteiger partial charge in [-0.2, -0.15) is 5.26 Å². The number of benzene rings is 1. The number of aromatic nitrogens is 1. The molecule has 0 saturated heterocycles. The molecule has 2 aromatic heterocycles. The summed E-state index contributed by atoms with van der Waals surface area (Å²) in [7, 11) is 1.55. The van der Waals surface area contributed by atoms with E-state index in [1.54, 1.807) is 37.4 Å². The molecular weight excluding hydrogens is 326 g/mol. The van der Waals surface area contributed by atoms with Gasteiger partial charge in [-0.25, -0.2) is 4.98 Å². The Morgan fingerprint density at radius 3 is 2.88 bits per heavy atom. The molecular formula is C16H14N5O2S+. The Bertz CT molecular complexity index is 990. The largest absolute Gasteiger partial charge is 0.497 e. The van der Waals surface area contributed by atoms with E-state index in [4.69, 9.17) is 21.5 Å². The molecule has 7 nitrogen and oxygen atoms in total. The maximum absolute atomic E-state index is 12.5. The minimum atomic E-state index is -0.340. The fraction of sp³-hybridized carbons (Fsp3) is 0.0625. The van der Waals surface area contributed by atoms with Gasteiger partial charge in [0.15, 0.2) is 4.83 Å². The van der Waals surface area contributed by atoms with Crippen molar-refractivity contribution in [3.8, 4) is 11.8 Å². The van der Waals surface area contributed by atoms with Crippen molar-refractivity contribution in [2.75, 3.05) is 23.9 Å². The molecule has 0 unspecified atom stereocenters. The summed E-state index contributed by atoms with van der Waals surface area (Å²) in [5, 5.41) is 12.4. The lowest BCUT2D eigenvalue weighted by atomic mass is 10.2. The molecule has 3 aromatic rings. The second kappa shape index (κ2) is 6.06. The van der Waals surface area contributed by atoms with Gasteiger partial charge in [0.2, 0.25) is 0 Å². The number of carbonyl (C=O) groups is 1. The van der Waals surface area contributed by atoms with Gasteiger partial charge in [-0.1, -0.05) is 17.4 Å². The van der Waals surface area contributed by atoms with Crippen molar-refractivity contribution in [2.24, 2.45) is 0 Å². The number of anilines is 3.